The van der Waals surface area contributed by atoms with Gasteiger partial charge in [0.2, 0.25) is 0 Å². The summed E-state index contributed by atoms with van der Waals surface area (Å²) in [5.74, 6) is -2.65. The maximum atomic E-state index is 11.5. The molecule has 1 atom stereocenters. The van der Waals surface area contributed by atoms with Crippen molar-refractivity contribution in [1.29, 1.82) is 0 Å². The number of nitrogens with zero attached hydrogens (tertiary/aromatic N) is 1. The van der Waals surface area contributed by atoms with E-state index in [1.807, 2.05) is 6.92 Å². The van der Waals surface area contributed by atoms with E-state index in [0.29, 0.717) is 6.42 Å². The fraction of sp³-hybridized carbons (Fsp3) is 0.700. The zero-order chi connectivity index (χ0) is 11.4. The Labute approximate surface area is 94.1 Å². The van der Waals surface area contributed by atoms with Crippen LogP contribution in [0.15, 0.2) is 0 Å². The topological polar surface area (TPSA) is 110 Å². The highest BCUT2D eigenvalue weighted by Gasteiger charge is 2.41. The van der Waals surface area contributed by atoms with Crippen LogP contribution in [0.1, 0.15) is 39.0 Å². The molecule has 6 nitrogen and oxygen atoms in total. The van der Waals surface area contributed by atoms with Gasteiger partial charge >= 0.3 is 0 Å². The number of ketones is 1. The van der Waals surface area contributed by atoms with E-state index >= 15 is 0 Å². The number of carbonyl (C=O) groups excluding carboxylic acids is 3. The largest absolute Gasteiger partial charge is 0.344 e. The van der Waals surface area contributed by atoms with Crippen molar-refractivity contribution in [2.24, 2.45) is 5.92 Å². The molecule has 1 aliphatic rings. The summed E-state index contributed by atoms with van der Waals surface area (Å²) in [6.07, 6.45) is 2.80. The quantitative estimate of drug-likeness (QED) is 0.317. The van der Waals surface area contributed by atoms with Crippen LogP contribution >= 0.6 is 0 Å². The Morgan fingerprint density at radius 1 is 1.44 bits per heavy atom. The van der Waals surface area contributed by atoms with E-state index in [1.165, 1.54) is 0 Å². The smallest absolute Gasteiger partial charge is 0.264 e. The number of rotatable bonds is 5. The van der Waals surface area contributed by atoms with Gasteiger partial charge < -0.3 is 6.15 Å². The molecule has 0 aromatic carbocycles. The van der Waals surface area contributed by atoms with Crippen molar-refractivity contribution in [3.63, 3.8) is 0 Å². The molecule has 0 saturated carbocycles. The third kappa shape index (κ3) is 3.11. The maximum absolute atomic E-state index is 11.5. The molecule has 92 valence electrons. The Morgan fingerprint density at radius 2 is 2.06 bits per heavy atom. The first-order valence-corrected chi connectivity index (χ1v) is 5.16. The molecule has 0 aromatic rings. The van der Waals surface area contributed by atoms with Gasteiger partial charge in [0.05, 0.1) is 0 Å². The lowest BCUT2D eigenvalue weighted by Gasteiger charge is -2.05. The number of hydrogen-bond acceptors (Lipinski definition) is 5. The first-order chi connectivity index (χ1) is 7.07. The molecule has 1 aliphatic heterocycles. The van der Waals surface area contributed by atoms with Crippen LogP contribution in [0.2, 0.25) is 0 Å². The van der Waals surface area contributed by atoms with Crippen molar-refractivity contribution in [1.82, 2.24) is 11.2 Å². The predicted octanol–water partition coefficient (Wildman–Crippen LogP) is 1.06. The lowest BCUT2D eigenvalue weighted by atomic mass is 9.98. The van der Waals surface area contributed by atoms with Gasteiger partial charge in [-0.3, -0.25) is 19.6 Å². The van der Waals surface area contributed by atoms with Crippen LogP contribution in [0.5, 0.6) is 0 Å². The van der Waals surface area contributed by atoms with Crippen molar-refractivity contribution >= 4 is 17.6 Å². The molecule has 1 unspecified atom stereocenters. The van der Waals surface area contributed by atoms with Crippen molar-refractivity contribution < 1.29 is 19.6 Å². The number of Topliss-reactive ketones (excluding diaryl/α,β-unsaturated/α-hetero) is 1. The molecule has 16 heavy (non-hydrogen) atoms. The number of hydrogen-bond donors (Lipinski definition) is 2. The summed E-state index contributed by atoms with van der Waals surface area (Å²) >= 11 is 0. The molecule has 0 aliphatic carbocycles. The molecule has 6 heteroatoms. The molecule has 0 bridgehead atoms. The Balaban J connectivity index is 0.00000225. The van der Waals surface area contributed by atoms with Gasteiger partial charge in [-0.25, -0.2) is 0 Å². The Morgan fingerprint density at radius 3 is 2.50 bits per heavy atom. The molecular weight excluding hydrogens is 212 g/mol. The summed E-state index contributed by atoms with van der Waals surface area (Å²) in [6, 6.07) is 0. The van der Waals surface area contributed by atoms with Crippen molar-refractivity contribution in [3.8, 4) is 0 Å². The summed E-state index contributed by atoms with van der Waals surface area (Å²) in [7, 11) is 0. The average Bonchev–Trinajstić information content (AvgIpc) is 2.46. The fourth-order valence-corrected chi connectivity index (χ4v) is 1.59. The third-order valence-electron chi connectivity index (χ3n) is 2.54. The van der Waals surface area contributed by atoms with Crippen LogP contribution in [-0.4, -0.2) is 27.9 Å². The van der Waals surface area contributed by atoms with Crippen LogP contribution in [0.25, 0.3) is 0 Å². The standard InChI is InChI=1S/C10H15NO4.H3N/c1-2-3-4-5-8(12)7-6-9(13)11(15)10(7)14;/h7,15H,2-6H2,1H3;1H3. The third-order valence-corrected chi connectivity index (χ3v) is 2.54. The molecule has 1 rings (SSSR count). The van der Waals surface area contributed by atoms with Gasteiger partial charge in [-0.2, -0.15) is 5.06 Å². The van der Waals surface area contributed by atoms with E-state index in [1.54, 1.807) is 0 Å². The zero-order valence-electron chi connectivity index (χ0n) is 9.44. The first-order valence-electron chi connectivity index (χ1n) is 5.16. The highest BCUT2D eigenvalue weighted by atomic mass is 16.5. The molecule has 1 heterocycles. The van der Waals surface area contributed by atoms with Crippen LogP contribution in [-0.2, 0) is 14.4 Å². The first kappa shape index (κ1) is 14.7. The number of hydroxylamine groups is 2. The van der Waals surface area contributed by atoms with Crippen LogP contribution < -0.4 is 6.15 Å². The second-order valence-corrected chi connectivity index (χ2v) is 3.72. The minimum atomic E-state index is -0.945. The monoisotopic (exact) mass is 230 g/mol. The number of unbranched alkanes of at least 4 members (excludes halogenated alkanes) is 2. The normalized spacial score (nSPS) is 19.9. The molecular formula is C10H18N2O4. The maximum Gasteiger partial charge on any atom is 0.264 e. The minimum Gasteiger partial charge on any atom is -0.344 e. The van der Waals surface area contributed by atoms with Crippen LogP contribution in [0.3, 0.4) is 0 Å². The summed E-state index contributed by atoms with van der Waals surface area (Å²) in [5.41, 5.74) is 0. The summed E-state index contributed by atoms with van der Waals surface area (Å²) in [6.45, 7) is 2.02. The van der Waals surface area contributed by atoms with Gasteiger partial charge in [0.25, 0.3) is 11.8 Å². The van der Waals surface area contributed by atoms with E-state index in [-0.39, 0.29) is 23.4 Å². The van der Waals surface area contributed by atoms with Crippen molar-refractivity contribution in [3.05, 3.63) is 0 Å². The second kappa shape index (κ2) is 6.34. The molecule has 1 fully saturated rings. The molecule has 1 saturated heterocycles. The van der Waals surface area contributed by atoms with E-state index in [9.17, 15) is 14.4 Å². The van der Waals surface area contributed by atoms with E-state index in [2.05, 4.69) is 0 Å². The zero-order valence-corrected chi connectivity index (χ0v) is 9.44. The lowest BCUT2D eigenvalue weighted by molar-refractivity contribution is -0.172. The average molecular weight is 230 g/mol. The van der Waals surface area contributed by atoms with Crippen molar-refractivity contribution in [2.75, 3.05) is 0 Å². The molecule has 4 N–H and O–H groups in total. The molecule has 0 radical (unpaired) electrons. The van der Waals surface area contributed by atoms with E-state index < -0.39 is 17.7 Å². The Bertz CT molecular complexity index is 291. The van der Waals surface area contributed by atoms with Gasteiger partial charge in [0.1, 0.15) is 11.7 Å². The number of amides is 2. The SMILES string of the molecule is CCCCCC(=O)C1CC(=O)N(O)C1=O.N. The molecule has 2 amide bonds. The lowest BCUT2D eigenvalue weighted by Crippen LogP contribution is -2.29. The van der Waals surface area contributed by atoms with Gasteiger partial charge in [-0.15, -0.1) is 0 Å². The highest BCUT2D eigenvalue weighted by molar-refractivity contribution is 6.13. The summed E-state index contributed by atoms with van der Waals surface area (Å²) in [4.78, 5) is 33.7. The fourth-order valence-electron chi connectivity index (χ4n) is 1.59. The molecule has 0 aromatic heterocycles. The van der Waals surface area contributed by atoms with Crippen LogP contribution in [0.4, 0.5) is 0 Å². The van der Waals surface area contributed by atoms with E-state index in [0.717, 1.165) is 19.3 Å². The van der Waals surface area contributed by atoms with Gasteiger partial charge in [0, 0.05) is 12.8 Å². The Hall–Kier alpha value is -1.27. The summed E-state index contributed by atoms with van der Waals surface area (Å²) in [5, 5.41) is 9.00. The Kier molecular flexibility index (Phi) is 5.84. The van der Waals surface area contributed by atoms with Gasteiger partial charge in [-0.05, 0) is 6.42 Å². The van der Waals surface area contributed by atoms with E-state index in [4.69, 9.17) is 5.21 Å². The summed E-state index contributed by atoms with van der Waals surface area (Å²) < 4.78 is 0. The minimum absolute atomic E-state index is 0. The number of carbonyl (C=O) groups is 3. The predicted molar refractivity (Wildman–Crippen MR) is 55.9 cm³/mol. The highest BCUT2D eigenvalue weighted by Crippen LogP contribution is 2.20. The van der Waals surface area contributed by atoms with Gasteiger partial charge in [-0.1, -0.05) is 19.8 Å². The molecule has 0 spiro atoms. The number of imide groups is 1. The van der Waals surface area contributed by atoms with Gasteiger partial charge in [0.15, 0.2) is 0 Å². The van der Waals surface area contributed by atoms with Crippen molar-refractivity contribution in [2.45, 2.75) is 39.0 Å². The van der Waals surface area contributed by atoms with Crippen LogP contribution in [0, 0.1) is 5.92 Å². The second-order valence-electron chi connectivity index (χ2n) is 3.72.